The highest BCUT2D eigenvalue weighted by Crippen LogP contribution is 2.44. The number of nitrogens with one attached hydrogen (secondary N) is 1. The van der Waals surface area contributed by atoms with Crippen LogP contribution >= 0.6 is 0 Å². The summed E-state index contributed by atoms with van der Waals surface area (Å²) in [5.74, 6) is -0.231. The topological polar surface area (TPSA) is 98.5 Å². The molecule has 9 heteroatoms. The Balaban J connectivity index is 1.83. The lowest BCUT2D eigenvalue weighted by Crippen LogP contribution is -2.27. The Morgan fingerprint density at radius 1 is 1.32 bits per heavy atom. The third-order valence-corrected chi connectivity index (χ3v) is 6.98. The van der Waals surface area contributed by atoms with Crippen molar-refractivity contribution in [3.8, 4) is 11.3 Å². The summed E-state index contributed by atoms with van der Waals surface area (Å²) in [4.78, 5) is 17.5. The van der Waals surface area contributed by atoms with Crippen LogP contribution in [0.1, 0.15) is 72.1 Å². The van der Waals surface area contributed by atoms with Crippen molar-refractivity contribution in [2.24, 2.45) is 0 Å². The number of fused-ring (bicyclic) bond motifs is 1. The summed E-state index contributed by atoms with van der Waals surface area (Å²) in [6.45, 7) is 4.30. The lowest BCUT2D eigenvalue weighted by molar-refractivity contribution is 0.0964. The summed E-state index contributed by atoms with van der Waals surface area (Å²) < 4.78 is 45.5. The van der Waals surface area contributed by atoms with E-state index in [2.05, 4.69) is 12.2 Å². The maximum atomic E-state index is 14.3. The summed E-state index contributed by atoms with van der Waals surface area (Å²) in [7, 11) is 1.53. The van der Waals surface area contributed by atoms with Crippen LogP contribution in [0.3, 0.4) is 0 Å². The first-order chi connectivity index (χ1) is 16.3. The molecule has 2 heterocycles. The number of hydrogen-bond acceptors (Lipinski definition) is 5. The van der Waals surface area contributed by atoms with E-state index in [0.717, 1.165) is 37.7 Å². The second kappa shape index (κ2) is 10.3. The fourth-order valence-corrected chi connectivity index (χ4v) is 4.65. The summed E-state index contributed by atoms with van der Waals surface area (Å²) in [5.41, 5.74) is 3.04. The van der Waals surface area contributed by atoms with Gasteiger partial charge in [0.05, 0.1) is 23.2 Å². The van der Waals surface area contributed by atoms with Crippen molar-refractivity contribution in [1.82, 2.24) is 14.6 Å². The Morgan fingerprint density at radius 3 is 2.71 bits per heavy atom. The monoisotopic (exact) mass is 486 g/mol. The van der Waals surface area contributed by atoms with E-state index in [4.69, 9.17) is 9.40 Å². The molecule has 4 rings (SSSR count). The standard InChI is InChI=1S/C25H30FN3O4S/c1-4-5-6-11-29(34(31)32)14-21-18(16-9-10-16)13-19-22(24(30)27-3)23(33-25(19)28-21)17-8-7-15(2)20(26)12-17/h7-8,12-13,16H,4-6,9-11,14H2,1-3H3,(H,27,30)(H,31,32)/p-1. The summed E-state index contributed by atoms with van der Waals surface area (Å²) in [6, 6.07) is 6.59. The zero-order chi connectivity index (χ0) is 24.4. The average molecular weight is 487 g/mol. The van der Waals surface area contributed by atoms with Gasteiger partial charge in [-0.25, -0.2) is 13.7 Å². The van der Waals surface area contributed by atoms with Crippen LogP contribution in [0.2, 0.25) is 0 Å². The molecule has 0 spiro atoms. The van der Waals surface area contributed by atoms with Gasteiger partial charge in [-0.3, -0.25) is 9.00 Å². The van der Waals surface area contributed by atoms with Crippen LogP contribution in [0, 0.1) is 12.7 Å². The van der Waals surface area contributed by atoms with Crippen molar-refractivity contribution in [3.63, 3.8) is 0 Å². The van der Waals surface area contributed by atoms with Crippen LogP contribution in [-0.2, 0) is 17.8 Å². The minimum atomic E-state index is -2.38. The van der Waals surface area contributed by atoms with Gasteiger partial charge in [0.15, 0.2) is 0 Å². The molecule has 0 radical (unpaired) electrons. The fraction of sp³-hybridized carbons (Fsp3) is 0.440. The van der Waals surface area contributed by atoms with E-state index >= 15 is 0 Å². The van der Waals surface area contributed by atoms with E-state index < -0.39 is 17.1 Å². The molecule has 1 aromatic carbocycles. The van der Waals surface area contributed by atoms with Crippen molar-refractivity contribution >= 4 is 28.3 Å². The first-order valence-corrected chi connectivity index (χ1v) is 12.7. The number of amides is 1. The lowest BCUT2D eigenvalue weighted by Gasteiger charge is -2.24. The maximum Gasteiger partial charge on any atom is 0.255 e. The van der Waals surface area contributed by atoms with Gasteiger partial charge in [-0.15, -0.1) is 0 Å². The van der Waals surface area contributed by atoms with Crippen molar-refractivity contribution in [1.29, 1.82) is 0 Å². The van der Waals surface area contributed by atoms with Gasteiger partial charge in [-0.05, 0) is 55.4 Å². The largest absolute Gasteiger partial charge is 0.760 e. The van der Waals surface area contributed by atoms with Crippen LogP contribution in [0.25, 0.3) is 22.4 Å². The number of pyridine rings is 1. The Labute approximate surface area is 201 Å². The van der Waals surface area contributed by atoms with E-state index in [0.29, 0.717) is 34.3 Å². The van der Waals surface area contributed by atoms with Crippen LogP contribution in [0.5, 0.6) is 0 Å². The maximum absolute atomic E-state index is 14.3. The number of aryl methyl sites for hydroxylation is 1. The van der Waals surface area contributed by atoms with Gasteiger partial charge in [-0.1, -0.05) is 31.9 Å². The van der Waals surface area contributed by atoms with Gasteiger partial charge in [0.2, 0.25) is 5.71 Å². The van der Waals surface area contributed by atoms with E-state index in [1.54, 1.807) is 19.1 Å². The third-order valence-electron chi connectivity index (χ3n) is 6.25. The van der Waals surface area contributed by atoms with Gasteiger partial charge >= 0.3 is 0 Å². The predicted molar refractivity (Wildman–Crippen MR) is 128 cm³/mol. The smallest absolute Gasteiger partial charge is 0.255 e. The first-order valence-electron chi connectivity index (χ1n) is 11.6. The number of halogens is 1. The number of hydrogen-bond donors (Lipinski definition) is 1. The second-order valence-electron chi connectivity index (χ2n) is 8.79. The molecule has 34 heavy (non-hydrogen) atoms. The highest BCUT2D eigenvalue weighted by Gasteiger charge is 2.31. The van der Waals surface area contributed by atoms with Crippen molar-refractivity contribution < 1.29 is 22.4 Å². The van der Waals surface area contributed by atoms with Crippen molar-refractivity contribution in [3.05, 3.63) is 52.5 Å². The normalized spacial score (nSPS) is 14.6. The molecule has 1 unspecified atom stereocenters. The fourth-order valence-electron chi connectivity index (χ4n) is 4.15. The van der Waals surface area contributed by atoms with Crippen LogP contribution < -0.4 is 5.32 Å². The van der Waals surface area contributed by atoms with Crippen LogP contribution in [0.15, 0.2) is 28.7 Å². The summed E-state index contributed by atoms with van der Waals surface area (Å²) in [5, 5.41) is 3.18. The zero-order valence-electron chi connectivity index (χ0n) is 19.7. The highest BCUT2D eigenvalue weighted by atomic mass is 32.2. The van der Waals surface area contributed by atoms with Crippen LogP contribution in [-0.4, -0.2) is 37.6 Å². The van der Waals surface area contributed by atoms with Gasteiger partial charge in [-0.2, -0.15) is 0 Å². The number of benzene rings is 1. The van der Waals surface area contributed by atoms with E-state index in [1.807, 2.05) is 6.07 Å². The number of furan rings is 1. The molecule has 1 atom stereocenters. The number of nitrogens with zero attached hydrogens (tertiary/aromatic N) is 2. The number of carbonyl (C=O) groups is 1. The predicted octanol–water partition coefficient (Wildman–Crippen LogP) is 4.97. The SMILES string of the molecule is CCCCCN(Cc1nc2oc(-c3ccc(C)c(F)c3)c(C(=O)NC)c2cc1C1CC1)S(=O)[O-]. The molecule has 182 valence electrons. The Hall–Kier alpha value is -2.62. The molecule has 0 aliphatic heterocycles. The second-order valence-corrected chi connectivity index (χ2v) is 9.74. The van der Waals surface area contributed by atoms with Crippen molar-refractivity contribution in [2.75, 3.05) is 13.6 Å². The molecule has 3 aromatic rings. The Morgan fingerprint density at radius 2 is 2.09 bits per heavy atom. The van der Waals surface area contributed by atoms with E-state index in [-0.39, 0.29) is 29.8 Å². The molecule has 0 bridgehead atoms. The lowest BCUT2D eigenvalue weighted by atomic mass is 10.0. The van der Waals surface area contributed by atoms with Gasteiger partial charge in [0, 0.05) is 30.4 Å². The first kappa shape index (κ1) is 24.5. The molecule has 1 amide bonds. The molecular formula is C25H29FN3O4S-. The van der Waals surface area contributed by atoms with Gasteiger partial charge in [0.1, 0.15) is 11.6 Å². The highest BCUT2D eigenvalue weighted by molar-refractivity contribution is 7.76. The minimum absolute atomic E-state index is 0.145. The number of carbonyl (C=O) groups excluding carboxylic acids is 1. The quantitative estimate of drug-likeness (QED) is 0.322. The summed E-state index contributed by atoms with van der Waals surface area (Å²) in [6.07, 6.45) is 4.68. The van der Waals surface area contributed by atoms with Gasteiger partial charge < -0.3 is 14.3 Å². The molecule has 7 nitrogen and oxygen atoms in total. The molecule has 2 aromatic heterocycles. The summed E-state index contributed by atoms with van der Waals surface area (Å²) >= 11 is -2.38. The van der Waals surface area contributed by atoms with Gasteiger partial charge in [0.25, 0.3) is 5.91 Å². The molecule has 1 saturated carbocycles. The number of rotatable bonds is 10. The molecule has 1 N–H and O–H groups in total. The average Bonchev–Trinajstić information content (AvgIpc) is 3.59. The van der Waals surface area contributed by atoms with Crippen molar-refractivity contribution in [2.45, 2.75) is 58.4 Å². The molecule has 1 fully saturated rings. The minimum Gasteiger partial charge on any atom is -0.760 e. The molecule has 1 aliphatic carbocycles. The molecular weight excluding hydrogens is 457 g/mol. The van der Waals surface area contributed by atoms with E-state index in [9.17, 15) is 17.9 Å². The number of unbranched alkanes of at least 4 members (excludes halogenated alkanes) is 2. The number of aromatic nitrogens is 1. The van der Waals surface area contributed by atoms with Crippen LogP contribution in [0.4, 0.5) is 4.39 Å². The zero-order valence-corrected chi connectivity index (χ0v) is 20.5. The Bertz CT molecular complexity index is 1240. The third kappa shape index (κ3) is 5.06. The molecule has 0 saturated heterocycles. The van der Waals surface area contributed by atoms with E-state index in [1.165, 1.54) is 17.4 Å². The molecule has 1 aliphatic rings. The Kier molecular flexibility index (Phi) is 7.45.